The highest BCUT2D eigenvalue weighted by atomic mass is 19.4. The van der Waals surface area contributed by atoms with Crippen LogP contribution >= 0.6 is 0 Å². The van der Waals surface area contributed by atoms with Gasteiger partial charge >= 0.3 is 6.18 Å². The van der Waals surface area contributed by atoms with Gasteiger partial charge in [-0.3, -0.25) is 15.1 Å². The Morgan fingerprint density at radius 3 is 2.65 bits per heavy atom. The lowest BCUT2D eigenvalue weighted by Crippen LogP contribution is -2.14. The van der Waals surface area contributed by atoms with Crippen LogP contribution in [0.2, 0.25) is 0 Å². The van der Waals surface area contributed by atoms with E-state index < -0.39 is 11.7 Å². The van der Waals surface area contributed by atoms with Crippen LogP contribution in [0, 0.1) is 5.92 Å². The van der Waals surface area contributed by atoms with Gasteiger partial charge in [-0.25, -0.2) is 4.99 Å². The number of amidine groups is 1. The first-order valence-corrected chi connectivity index (χ1v) is 10.7. The summed E-state index contributed by atoms with van der Waals surface area (Å²) >= 11 is 0. The SMILES string of the molecule is C=C(C=Nc1[nH]ccc1C(=NC)Nc1ccn(NC(=C)CC(C)C)c1)/C=C\C=C(/C)C(F)(F)F. The van der Waals surface area contributed by atoms with Crippen LogP contribution in [-0.2, 0) is 0 Å². The molecule has 0 aliphatic rings. The number of nitrogens with zero attached hydrogens (tertiary/aromatic N) is 3. The minimum atomic E-state index is -4.35. The van der Waals surface area contributed by atoms with Gasteiger partial charge in [-0.2, -0.15) is 13.2 Å². The Balaban J connectivity index is 2.06. The minimum absolute atomic E-state index is 0.444. The number of H-pyrrole nitrogens is 1. The largest absolute Gasteiger partial charge is 0.412 e. The summed E-state index contributed by atoms with van der Waals surface area (Å²) in [5.74, 6) is 1.64. The number of aromatic nitrogens is 2. The molecule has 0 bridgehead atoms. The lowest BCUT2D eigenvalue weighted by molar-refractivity contribution is -0.0913. The van der Waals surface area contributed by atoms with E-state index in [1.807, 2.05) is 29.2 Å². The highest BCUT2D eigenvalue weighted by molar-refractivity contribution is 6.11. The summed E-state index contributed by atoms with van der Waals surface area (Å²) < 4.78 is 39.4. The molecule has 2 aromatic rings. The molecule has 0 unspecified atom stereocenters. The smallest absolute Gasteiger partial charge is 0.346 e. The summed E-state index contributed by atoms with van der Waals surface area (Å²) in [6.07, 6.45) is 7.22. The molecule has 0 fully saturated rings. The van der Waals surface area contributed by atoms with Crippen molar-refractivity contribution < 1.29 is 13.2 Å². The molecule has 0 aliphatic heterocycles. The average molecular weight is 473 g/mol. The van der Waals surface area contributed by atoms with E-state index >= 15 is 0 Å². The molecule has 182 valence electrons. The number of allylic oxidation sites excluding steroid dienone is 6. The van der Waals surface area contributed by atoms with Crippen LogP contribution < -0.4 is 10.7 Å². The summed E-state index contributed by atoms with van der Waals surface area (Å²) in [5, 5.41) is 3.27. The van der Waals surface area contributed by atoms with E-state index in [9.17, 15) is 13.2 Å². The Kier molecular flexibility index (Phi) is 9.29. The summed E-state index contributed by atoms with van der Waals surface area (Å²) in [6, 6.07) is 3.73. The second-order valence-corrected chi connectivity index (χ2v) is 8.10. The van der Waals surface area contributed by atoms with E-state index in [4.69, 9.17) is 0 Å². The molecule has 0 saturated carbocycles. The Labute approximate surface area is 198 Å². The van der Waals surface area contributed by atoms with Crippen molar-refractivity contribution in [2.45, 2.75) is 33.4 Å². The number of anilines is 1. The van der Waals surface area contributed by atoms with Gasteiger partial charge in [-0.05, 0) is 37.0 Å². The van der Waals surface area contributed by atoms with Gasteiger partial charge in [0.25, 0.3) is 0 Å². The Morgan fingerprint density at radius 1 is 1.26 bits per heavy atom. The predicted octanol–water partition coefficient (Wildman–Crippen LogP) is 6.73. The number of aliphatic imine (C=N–C) groups is 2. The molecule has 0 saturated heterocycles. The predicted molar refractivity (Wildman–Crippen MR) is 136 cm³/mol. The third kappa shape index (κ3) is 8.31. The summed E-state index contributed by atoms with van der Waals surface area (Å²) in [4.78, 5) is 11.7. The van der Waals surface area contributed by atoms with E-state index in [0.717, 1.165) is 36.4 Å². The second-order valence-electron chi connectivity index (χ2n) is 8.10. The standard InChI is InChI=1S/C25H31F3N6/c1-17(2)14-20(5)33-34-13-11-21(16-34)32-23(29-6)22-10-12-30-24(22)31-15-18(3)8-7-9-19(4)25(26,27)28/h7-13,15-17,30,33H,3,5,14H2,1-2,4,6H3,(H,29,32)/b8-7-,19-9+,31-15?. The fourth-order valence-corrected chi connectivity index (χ4v) is 2.90. The molecule has 34 heavy (non-hydrogen) atoms. The number of nitrogens with one attached hydrogen (secondary N) is 3. The van der Waals surface area contributed by atoms with Crippen molar-refractivity contribution in [2.24, 2.45) is 15.9 Å². The molecule has 0 aromatic carbocycles. The van der Waals surface area contributed by atoms with E-state index in [0.29, 0.717) is 23.1 Å². The molecule has 0 spiro atoms. The zero-order chi connectivity index (χ0) is 25.3. The van der Waals surface area contributed by atoms with Crippen LogP contribution in [-0.4, -0.2) is 34.9 Å². The molecular formula is C25H31F3N6. The monoisotopic (exact) mass is 472 g/mol. The minimum Gasteiger partial charge on any atom is -0.346 e. The van der Waals surface area contributed by atoms with E-state index in [1.165, 1.54) is 18.4 Å². The molecule has 0 atom stereocenters. The van der Waals surface area contributed by atoms with Crippen molar-refractivity contribution in [3.05, 3.63) is 84.5 Å². The van der Waals surface area contributed by atoms with Gasteiger partial charge in [0.1, 0.15) is 11.7 Å². The third-order valence-corrected chi connectivity index (χ3v) is 4.56. The van der Waals surface area contributed by atoms with Gasteiger partial charge in [0.15, 0.2) is 0 Å². The zero-order valence-corrected chi connectivity index (χ0v) is 19.9. The third-order valence-electron chi connectivity index (χ3n) is 4.56. The lowest BCUT2D eigenvalue weighted by Gasteiger charge is -2.12. The van der Waals surface area contributed by atoms with Crippen molar-refractivity contribution in [1.82, 2.24) is 9.66 Å². The first kappa shape index (κ1) is 26.5. The van der Waals surface area contributed by atoms with E-state index in [2.05, 4.69) is 52.7 Å². The van der Waals surface area contributed by atoms with Crippen LogP contribution in [0.4, 0.5) is 24.7 Å². The Morgan fingerprint density at radius 2 is 2.00 bits per heavy atom. The summed E-state index contributed by atoms with van der Waals surface area (Å²) in [6.45, 7) is 13.1. The molecule has 0 aliphatic carbocycles. The van der Waals surface area contributed by atoms with E-state index in [1.54, 1.807) is 13.2 Å². The van der Waals surface area contributed by atoms with Gasteiger partial charge < -0.3 is 10.3 Å². The average Bonchev–Trinajstić information content (AvgIpc) is 3.38. The lowest BCUT2D eigenvalue weighted by atomic mass is 10.1. The van der Waals surface area contributed by atoms with Crippen molar-refractivity contribution in [1.29, 1.82) is 0 Å². The van der Waals surface area contributed by atoms with Gasteiger partial charge in [0.2, 0.25) is 0 Å². The summed E-state index contributed by atoms with van der Waals surface area (Å²) in [7, 11) is 1.67. The maximum Gasteiger partial charge on any atom is 0.412 e. The maximum absolute atomic E-state index is 12.5. The van der Waals surface area contributed by atoms with Gasteiger partial charge in [-0.1, -0.05) is 45.2 Å². The molecule has 9 heteroatoms. The van der Waals surface area contributed by atoms with Gasteiger partial charge in [0.05, 0.1) is 11.3 Å². The van der Waals surface area contributed by atoms with Gasteiger partial charge in [0, 0.05) is 43.1 Å². The normalized spacial score (nSPS) is 13.3. The highest BCUT2D eigenvalue weighted by Crippen LogP contribution is 2.24. The molecule has 2 aromatic heterocycles. The molecule has 3 N–H and O–H groups in total. The first-order chi connectivity index (χ1) is 16.0. The molecule has 0 amide bonds. The molecule has 2 heterocycles. The van der Waals surface area contributed by atoms with Crippen LogP contribution in [0.5, 0.6) is 0 Å². The van der Waals surface area contributed by atoms with Crippen molar-refractivity contribution in [3.8, 4) is 0 Å². The van der Waals surface area contributed by atoms with Crippen molar-refractivity contribution in [3.63, 3.8) is 0 Å². The molecular weight excluding hydrogens is 441 g/mol. The zero-order valence-electron chi connectivity index (χ0n) is 19.9. The fraction of sp³-hybridized carbons (Fsp3) is 0.280. The number of hydrogen-bond acceptors (Lipinski definition) is 3. The first-order valence-electron chi connectivity index (χ1n) is 10.7. The number of aromatic amines is 1. The molecule has 0 radical (unpaired) electrons. The van der Waals surface area contributed by atoms with Crippen LogP contribution in [0.15, 0.2) is 88.9 Å². The molecule has 6 nitrogen and oxygen atoms in total. The molecule has 2 rings (SSSR count). The number of rotatable bonds is 10. The second kappa shape index (κ2) is 11.9. The number of hydrogen-bond donors (Lipinski definition) is 3. The quantitative estimate of drug-likeness (QED) is 0.204. The topological polar surface area (TPSA) is 69.5 Å². The van der Waals surface area contributed by atoms with E-state index in [-0.39, 0.29) is 0 Å². The van der Waals surface area contributed by atoms with Crippen LogP contribution in [0.3, 0.4) is 0 Å². The van der Waals surface area contributed by atoms with Crippen LogP contribution in [0.1, 0.15) is 32.8 Å². The number of halogens is 3. The Bertz CT molecular complexity index is 1110. The van der Waals surface area contributed by atoms with Crippen LogP contribution in [0.25, 0.3) is 0 Å². The van der Waals surface area contributed by atoms with Crippen molar-refractivity contribution >= 4 is 23.6 Å². The fourth-order valence-electron chi connectivity index (χ4n) is 2.90. The number of alkyl halides is 3. The Hall–Kier alpha value is -3.75. The maximum atomic E-state index is 12.5. The van der Waals surface area contributed by atoms with Gasteiger partial charge in [-0.15, -0.1) is 0 Å². The highest BCUT2D eigenvalue weighted by Gasteiger charge is 2.29. The summed E-state index contributed by atoms with van der Waals surface area (Å²) in [5.41, 5.74) is 5.45. The van der Waals surface area contributed by atoms with Crippen molar-refractivity contribution in [2.75, 3.05) is 17.8 Å².